The molecule has 0 bridgehead atoms. The molecular formula is C27H31Cl2N5O. The molecule has 0 spiro atoms. The van der Waals surface area contributed by atoms with Crippen LogP contribution < -0.4 is 5.32 Å². The fourth-order valence-electron chi connectivity index (χ4n) is 5.34. The Balaban J connectivity index is 1.03. The molecule has 2 fully saturated rings. The number of nitrogens with one attached hydrogen (secondary N) is 2. The van der Waals surface area contributed by atoms with Gasteiger partial charge in [0.2, 0.25) is 5.91 Å². The van der Waals surface area contributed by atoms with E-state index in [-0.39, 0.29) is 11.9 Å². The zero-order chi connectivity index (χ0) is 24.2. The van der Waals surface area contributed by atoms with Gasteiger partial charge in [0.15, 0.2) is 5.65 Å². The first-order valence-corrected chi connectivity index (χ1v) is 13.3. The standard InChI is InChI=1S/C27H31Cl2N5O/c28-22-9-5-18(16-23(22)29)6-10-25(35)31-21-7-3-19(4-8-21)17-34-14-11-20(12-15-34)26-32-24-2-1-13-30-27(24)33-26/h1-2,5-6,9-10,13,16,19-21H,3-4,7-8,11-12,14-15,17H2,(H,31,35)(H,30,32,33)/b10-6+. The fourth-order valence-corrected chi connectivity index (χ4v) is 5.64. The van der Waals surface area contributed by atoms with Crippen molar-refractivity contribution in [1.29, 1.82) is 0 Å². The van der Waals surface area contributed by atoms with Crippen molar-refractivity contribution in [3.63, 3.8) is 0 Å². The molecule has 1 saturated carbocycles. The molecule has 1 aromatic carbocycles. The van der Waals surface area contributed by atoms with Crippen LogP contribution in [0.3, 0.4) is 0 Å². The summed E-state index contributed by atoms with van der Waals surface area (Å²) in [5.74, 6) is 2.23. The van der Waals surface area contributed by atoms with Crippen molar-refractivity contribution in [2.75, 3.05) is 19.6 Å². The van der Waals surface area contributed by atoms with Crippen LogP contribution in [-0.2, 0) is 4.79 Å². The minimum atomic E-state index is -0.0534. The lowest BCUT2D eigenvalue weighted by Gasteiger charge is -2.36. The van der Waals surface area contributed by atoms with Gasteiger partial charge in [-0.2, -0.15) is 0 Å². The van der Waals surface area contributed by atoms with Crippen LogP contribution in [0.25, 0.3) is 17.2 Å². The van der Waals surface area contributed by atoms with Crippen molar-refractivity contribution in [3.8, 4) is 0 Å². The van der Waals surface area contributed by atoms with Crippen LogP contribution in [-0.4, -0.2) is 51.4 Å². The van der Waals surface area contributed by atoms with E-state index in [0.29, 0.717) is 21.9 Å². The van der Waals surface area contributed by atoms with Crippen molar-refractivity contribution in [2.24, 2.45) is 5.92 Å². The van der Waals surface area contributed by atoms with Crippen LogP contribution in [0, 0.1) is 5.92 Å². The Morgan fingerprint density at radius 3 is 2.63 bits per heavy atom. The number of halogens is 2. The summed E-state index contributed by atoms with van der Waals surface area (Å²) >= 11 is 12.0. The third kappa shape index (κ3) is 6.24. The van der Waals surface area contributed by atoms with Crippen molar-refractivity contribution in [2.45, 2.75) is 50.5 Å². The monoisotopic (exact) mass is 511 g/mol. The number of hydrogen-bond donors (Lipinski definition) is 2. The second kappa shape index (κ2) is 11.1. The summed E-state index contributed by atoms with van der Waals surface area (Å²) in [6.07, 6.45) is 11.8. The van der Waals surface area contributed by atoms with Crippen molar-refractivity contribution < 1.29 is 4.79 Å². The molecule has 6 nitrogen and oxygen atoms in total. The molecule has 2 aromatic heterocycles. The third-order valence-corrected chi connectivity index (χ3v) is 8.07. The zero-order valence-corrected chi connectivity index (χ0v) is 21.2. The number of carbonyl (C=O) groups excluding carboxylic acids is 1. The maximum Gasteiger partial charge on any atom is 0.244 e. The van der Waals surface area contributed by atoms with E-state index in [1.807, 2.05) is 18.2 Å². The Morgan fingerprint density at radius 1 is 1.09 bits per heavy atom. The zero-order valence-electron chi connectivity index (χ0n) is 19.7. The molecule has 8 heteroatoms. The maximum absolute atomic E-state index is 12.4. The number of nitrogens with zero attached hydrogens (tertiary/aromatic N) is 3. The van der Waals surface area contributed by atoms with E-state index in [0.717, 1.165) is 80.7 Å². The molecule has 0 unspecified atom stereocenters. The summed E-state index contributed by atoms with van der Waals surface area (Å²) in [6, 6.07) is 9.58. The SMILES string of the molecule is O=C(/C=C/c1ccc(Cl)c(Cl)c1)NC1CCC(CN2CCC(c3nc4ncccc4[nH]3)CC2)CC1. The number of imidazole rings is 1. The van der Waals surface area contributed by atoms with Gasteiger partial charge >= 0.3 is 0 Å². The van der Waals surface area contributed by atoms with Gasteiger partial charge in [0, 0.05) is 30.8 Å². The summed E-state index contributed by atoms with van der Waals surface area (Å²) in [5.41, 5.74) is 2.70. The highest BCUT2D eigenvalue weighted by Crippen LogP contribution is 2.30. The van der Waals surface area contributed by atoms with E-state index in [1.165, 1.54) is 0 Å². The molecule has 3 aromatic rings. The summed E-state index contributed by atoms with van der Waals surface area (Å²) in [7, 11) is 0. The molecule has 2 N–H and O–H groups in total. The van der Waals surface area contributed by atoms with Gasteiger partial charge in [0.05, 0.1) is 15.6 Å². The van der Waals surface area contributed by atoms with Crippen LogP contribution >= 0.6 is 23.2 Å². The van der Waals surface area contributed by atoms with Gasteiger partial charge in [-0.1, -0.05) is 29.3 Å². The lowest BCUT2D eigenvalue weighted by atomic mass is 9.85. The fraction of sp³-hybridized carbons (Fsp3) is 0.444. The van der Waals surface area contributed by atoms with E-state index in [9.17, 15) is 4.79 Å². The number of carbonyl (C=O) groups is 1. The van der Waals surface area contributed by atoms with E-state index < -0.39 is 0 Å². The second-order valence-corrected chi connectivity index (χ2v) is 10.6. The average molecular weight is 512 g/mol. The van der Waals surface area contributed by atoms with E-state index in [4.69, 9.17) is 28.2 Å². The highest BCUT2D eigenvalue weighted by molar-refractivity contribution is 6.42. The van der Waals surface area contributed by atoms with Gasteiger partial charge in [-0.3, -0.25) is 4.79 Å². The second-order valence-electron chi connectivity index (χ2n) is 9.80. The predicted molar refractivity (Wildman–Crippen MR) is 142 cm³/mol. The summed E-state index contributed by atoms with van der Waals surface area (Å²) < 4.78 is 0. The number of hydrogen-bond acceptors (Lipinski definition) is 4. The van der Waals surface area contributed by atoms with Crippen molar-refractivity contribution in [1.82, 2.24) is 25.2 Å². The minimum Gasteiger partial charge on any atom is -0.350 e. The van der Waals surface area contributed by atoms with Crippen LogP contribution in [0.2, 0.25) is 10.0 Å². The quantitative estimate of drug-likeness (QED) is 0.408. The number of amides is 1. The van der Waals surface area contributed by atoms with Gasteiger partial charge in [0.1, 0.15) is 5.82 Å². The number of pyridine rings is 1. The van der Waals surface area contributed by atoms with Gasteiger partial charge < -0.3 is 15.2 Å². The largest absolute Gasteiger partial charge is 0.350 e. The first-order valence-electron chi connectivity index (χ1n) is 12.5. The molecular weight excluding hydrogens is 481 g/mol. The Labute approximate surface area is 216 Å². The third-order valence-electron chi connectivity index (χ3n) is 7.33. The Morgan fingerprint density at radius 2 is 1.89 bits per heavy atom. The van der Waals surface area contributed by atoms with Gasteiger partial charge in [0.25, 0.3) is 0 Å². The van der Waals surface area contributed by atoms with Gasteiger partial charge in [-0.05, 0) is 93.4 Å². The predicted octanol–water partition coefficient (Wildman–Crippen LogP) is 5.83. The van der Waals surface area contributed by atoms with Crippen LogP contribution in [0.1, 0.15) is 55.8 Å². The smallest absolute Gasteiger partial charge is 0.244 e. The summed E-state index contributed by atoms with van der Waals surface area (Å²) in [5, 5.41) is 4.16. The maximum atomic E-state index is 12.4. The minimum absolute atomic E-state index is 0.0534. The first-order chi connectivity index (χ1) is 17.0. The molecule has 0 atom stereocenters. The topological polar surface area (TPSA) is 73.9 Å². The first kappa shape index (κ1) is 24.3. The van der Waals surface area contributed by atoms with Crippen LogP contribution in [0.15, 0.2) is 42.6 Å². The number of piperidine rings is 1. The van der Waals surface area contributed by atoms with Crippen molar-refractivity contribution >= 4 is 46.3 Å². The van der Waals surface area contributed by atoms with Crippen LogP contribution in [0.4, 0.5) is 0 Å². The van der Waals surface area contributed by atoms with E-state index in [2.05, 4.69) is 20.2 Å². The van der Waals surface area contributed by atoms with Crippen molar-refractivity contribution in [3.05, 3.63) is 64.0 Å². The summed E-state index contributed by atoms with van der Waals surface area (Å²) in [4.78, 5) is 27.5. The molecule has 2 aliphatic rings. The van der Waals surface area contributed by atoms with Gasteiger partial charge in [-0.25, -0.2) is 9.97 Å². The normalized spacial score (nSPS) is 22.1. The molecule has 1 amide bonds. The number of H-pyrrole nitrogens is 1. The lowest BCUT2D eigenvalue weighted by molar-refractivity contribution is -0.117. The van der Waals surface area contributed by atoms with E-state index >= 15 is 0 Å². The molecule has 184 valence electrons. The number of aromatic amines is 1. The van der Waals surface area contributed by atoms with Crippen LogP contribution in [0.5, 0.6) is 0 Å². The molecule has 0 radical (unpaired) electrons. The molecule has 1 saturated heterocycles. The lowest BCUT2D eigenvalue weighted by Crippen LogP contribution is -2.41. The Hall–Kier alpha value is -2.41. The number of likely N-dealkylation sites (tertiary alicyclic amines) is 1. The number of aromatic nitrogens is 3. The number of rotatable bonds is 6. The number of fused-ring (bicyclic) bond motifs is 1. The molecule has 3 heterocycles. The highest BCUT2D eigenvalue weighted by atomic mass is 35.5. The average Bonchev–Trinajstić information content (AvgIpc) is 3.31. The highest BCUT2D eigenvalue weighted by Gasteiger charge is 2.27. The molecule has 1 aliphatic carbocycles. The Kier molecular flexibility index (Phi) is 7.71. The molecule has 35 heavy (non-hydrogen) atoms. The Bertz CT molecular complexity index is 1160. The number of benzene rings is 1. The van der Waals surface area contributed by atoms with E-state index in [1.54, 1.807) is 30.5 Å². The molecule has 5 rings (SSSR count). The molecule has 1 aliphatic heterocycles. The van der Waals surface area contributed by atoms with Gasteiger partial charge in [-0.15, -0.1) is 0 Å². The summed E-state index contributed by atoms with van der Waals surface area (Å²) in [6.45, 7) is 3.39.